The Hall–Kier alpha value is -3.11. The predicted octanol–water partition coefficient (Wildman–Crippen LogP) is 5.75. The topological polar surface area (TPSA) is 49.4 Å². The normalized spacial score (nSPS) is 12.1. The van der Waals surface area contributed by atoms with Gasteiger partial charge in [0.15, 0.2) is 0 Å². The van der Waals surface area contributed by atoms with Gasteiger partial charge in [-0.05, 0) is 56.5 Å². The minimum absolute atomic E-state index is 0.117. The maximum Gasteiger partial charge on any atom is 0.243 e. The summed E-state index contributed by atoms with van der Waals surface area (Å²) in [5.74, 6) is -0.280. The molecular weight excluding hydrogens is 444 g/mol. The van der Waals surface area contributed by atoms with Crippen molar-refractivity contribution in [2.45, 2.75) is 58.7 Å². The standard InChI is InChI=1S/C29H33ClN2O2/c1-21-10-8-14-24(16-21)20-32(27(33)19-23-13-9-15-25(30)17-23)26(28(34)31-29(2,3)4)18-22-11-6-5-7-12-22/h5-17,26H,18-20H2,1-4H3,(H,31,34)/t26-/m1/s1. The van der Waals surface area contributed by atoms with Gasteiger partial charge in [0, 0.05) is 23.5 Å². The van der Waals surface area contributed by atoms with Crippen LogP contribution in [-0.2, 0) is 29.0 Å². The fraction of sp³-hybridized carbons (Fsp3) is 0.310. The minimum Gasteiger partial charge on any atom is -0.350 e. The average Bonchev–Trinajstić information content (AvgIpc) is 2.75. The summed E-state index contributed by atoms with van der Waals surface area (Å²) < 4.78 is 0. The van der Waals surface area contributed by atoms with Crippen molar-refractivity contribution in [1.82, 2.24) is 10.2 Å². The number of amides is 2. The van der Waals surface area contributed by atoms with E-state index >= 15 is 0 Å². The van der Waals surface area contributed by atoms with E-state index < -0.39 is 11.6 Å². The highest BCUT2D eigenvalue weighted by molar-refractivity contribution is 6.30. The lowest BCUT2D eigenvalue weighted by atomic mass is 9.99. The Balaban J connectivity index is 1.99. The number of nitrogens with zero attached hydrogens (tertiary/aromatic N) is 1. The van der Waals surface area contributed by atoms with Gasteiger partial charge in [-0.1, -0.05) is 83.9 Å². The van der Waals surface area contributed by atoms with Crippen LogP contribution in [0.5, 0.6) is 0 Å². The lowest BCUT2D eigenvalue weighted by Gasteiger charge is -2.34. The molecule has 34 heavy (non-hydrogen) atoms. The molecule has 0 unspecified atom stereocenters. The molecular formula is C29H33ClN2O2. The molecule has 3 aromatic rings. The molecule has 0 heterocycles. The number of aryl methyl sites for hydroxylation is 1. The Morgan fingerprint density at radius 1 is 0.882 bits per heavy atom. The van der Waals surface area contributed by atoms with Gasteiger partial charge in [0.05, 0.1) is 6.42 Å². The molecule has 0 aliphatic carbocycles. The third kappa shape index (κ3) is 7.74. The second-order valence-electron chi connectivity index (χ2n) is 9.76. The molecule has 0 saturated carbocycles. The van der Waals surface area contributed by atoms with Gasteiger partial charge in [-0.2, -0.15) is 0 Å². The quantitative estimate of drug-likeness (QED) is 0.450. The number of hydrogen-bond acceptors (Lipinski definition) is 2. The van der Waals surface area contributed by atoms with Crippen molar-refractivity contribution in [3.05, 3.63) is 106 Å². The molecule has 0 spiro atoms. The summed E-state index contributed by atoms with van der Waals surface area (Å²) in [5, 5.41) is 3.68. The van der Waals surface area contributed by atoms with Crippen LogP contribution in [0.25, 0.3) is 0 Å². The molecule has 0 aromatic heterocycles. The van der Waals surface area contributed by atoms with Crippen molar-refractivity contribution < 1.29 is 9.59 Å². The first kappa shape index (κ1) is 25.5. The summed E-state index contributed by atoms with van der Waals surface area (Å²) in [5.41, 5.74) is 3.50. The van der Waals surface area contributed by atoms with E-state index in [4.69, 9.17) is 11.6 Å². The molecule has 5 heteroatoms. The molecule has 178 valence electrons. The molecule has 0 bridgehead atoms. The molecule has 0 aliphatic heterocycles. The Morgan fingerprint density at radius 2 is 1.53 bits per heavy atom. The Bertz CT molecular complexity index is 1120. The van der Waals surface area contributed by atoms with Gasteiger partial charge in [-0.15, -0.1) is 0 Å². The maximum absolute atomic E-state index is 13.7. The summed E-state index contributed by atoms with van der Waals surface area (Å²) in [6.45, 7) is 8.21. The molecule has 3 rings (SSSR count). The first-order valence-electron chi connectivity index (χ1n) is 11.6. The van der Waals surface area contributed by atoms with Crippen LogP contribution >= 0.6 is 11.6 Å². The van der Waals surface area contributed by atoms with Crippen LogP contribution < -0.4 is 5.32 Å². The van der Waals surface area contributed by atoms with E-state index in [0.29, 0.717) is 18.0 Å². The zero-order valence-electron chi connectivity index (χ0n) is 20.3. The van der Waals surface area contributed by atoms with E-state index in [-0.39, 0.29) is 18.2 Å². The fourth-order valence-electron chi connectivity index (χ4n) is 3.94. The van der Waals surface area contributed by atoms with Crippen molar-refractivity contribution in [3.8, 4) is 0 Å². The van der Waals surface area contributed by atoms with Crippen LogP contribution in [0, 0.1) is 6.92 Å². The van der Waals surface area contributed by atoms with E-state index in [1.165, 1.54) is 0 Å². The lowest BCUT2D eigenvalue weighted by Crippen LogP contribution is -2.54. The van der Waals surface area contributed by atoms with Gasteiger partial charge in [-0.25, -0.2) is 0 Å². The number of nitrogens with one attached hydrogen (secondary N) is 1. The second-order valence-corrected chi connectivity index (χ2v) is 10.2. The van der Waals surface area contributed by atoms with Crippen molar-refractivity contribution in [2.75, 3.05) is 0 Å². The van der Waals surface area contributed by atoms with Crippen LogP contribution in [0.4, 0.5) is 0 Å². The summed E-state index contributed by atoms with van der Waals surface area (Å²) in [6.07, 6.45) is 0.594. The molecule has 4 nitrogen and oxygen atoms in total. The van der Waals surface area contributed by atoms with Crippen LogP contribution in [-0.4, -0.2) is 28.3 Å². The molecule has 3 aromatic carbocycles. The Kier molecular flexibility index (Phi) is 8.51. The van der Waals surface area contributed by atoms with Crippen molar-refractivity contribution in [2.24, 2.45) is 0 Å². The second kappa shape index (κ2) is 11.3. The van der Waals surface area contributed by atoms with Crippen molar-refractivity contribution in [3.63, 3.8) is 0 Å². The van der Waals surface area contributed by atoms with Crippen LogP contribution in [0.3, 0.4) is 0 Å². The molecule has 0 fully saturated rings. The maximum atomic E-state index is 13.7. The number of hydrogen-bond donors (Lipinski definition) is 1. The largest absolute Gasteiger partial charge is 0.350 e. The summed E-state index contributed by atoms with van der Waals surface area (Å²) in [4.78, 5) is 29.0. The highest BCUT2D eigenvalue weighted by Gasteiger charge is 2.32. The first-order chi connectivity index (χ1) is 16.1. The van der Waals surface area contributed by atoms with Crippen LogP contribution in [0.2, 0.25) is 5.02 Å². The van der Waals surface area contributed by atoms with E-state index in [1.54, 1.807) is 17.0 Å². The van der Waals surface area contributed by atoms with Crippen LogP contribution in [0.1, 0.15) is 43.0 Å². The molecule has 0 saturated heterocycles. The van der Waals surface area contributed by atoms with Gasteiger partial charge in [0.25, 0.3) is 0 Å². The van der Waals surface area contributed by atoms with Gasteiger partial charge in [0.2, 0.25) is 11.8 Å². The smallest absolute Gasteiger partial charge is 0.243 e. The Labute approximate surface area is 207 Å². The number of benzene rings is 3. The van der Waals surface area contributed by atoms with Crippen LogP contribution in [0.15, 0.2) is 78.9 Å². The molecule has 2 amide bonds. The molecule has 1 atom stereocenters. The van der Waals surface area contributed by atoms with Gasteiger partial charge in [0.1, 0.15) is 6.04 Å². The van der Waals surface area contributed by atoms with E-state index in [0.717, 1.165) is 22.3 Å². The van der Waals surface area contributed by atoms with Crippen molar-refractivity contribution in [1.29, 1.82) is 0 Å². The number of carbonyl (C=O) groups excluding carboxylic acids is 2. The highest BCUT2D eigenvalue weighted by atomic mass is 35.5. The average molecular weight is 477 g/mol. The van der Waals surface area contributed by atoms with Gasteiger partial charge in [-0.3, -0.25) is 9.59 Å². The van der Waals surface area contributed by atoms with E-state index in [9.17, 15) is 9.59 Å². The number of halogens is 1. The number of carbonyl (C=O) groups is 2. The highest BCUT2D eigenvalue weighted by Crippen LogP contribution is 2.19. The third-order valence-electron chi connectivity index (χ3n) is 5.45. The van der Waals surface area contributed by atoms with Gasteiger partial charge >= 0.3 is 0 Å². The van der Waals surface area contributed by atoms with E-state index in [1.807, 2.05) is 88.4 Å². The third-order valence-corrected chi connectivity index (χ3v) is 5.68. The Morgan fingerprint density at radius 3 is 2.18 bits per heavy atom. The minimum atomic E-state index is -0.658. The fourth-order valence-corrected chi connectivity index (χ4v) is 4.15. The van der Waals surface area contributed by atoms with Gasteiger partial charge < -0.3 is 10.2 Å². The lowest BCUT2D eigenvalue weighted by molar-refractivity contribution is -0.141. The van der Waals surface area contributed by atoms with Crippen molar-refractivity contribution >= 4 is 23.4 Å². The zero-order chi connectivity index (χ0) is 24.7. The zero-order valence-corrected chi connectivity index (χ0v) is 21.1. The molecule has 1 N–H and O–H groups in total. The predicted molar refractivity (Wildman–Crippen MR) is 139 cm³/mol. The first-order valence-corrected chi connectivity index (χ1v) is 11.9. The summed E-state index contributed by atoms with van der Waals surface area (Å²) in [6, 6.07) is 24.5. The molecule has 0 radical (unpaired) electrons. The number of rotatable bonds is 8. The molecule has 0 aliphatic rings. The SMILES string of the molecule is Cc1cccc(CN(C(=O)Cc2cccc(Cl)c2)[C@H](Cc2ccccc2)C(=O)NC(C)(C)C)c1. The summed E-state index contributed by atoms with van der Waals surface area (Å²) >= 11 is 6.16. The summed E-state index contributed by atoms with van der Waals surface area (Å²) in [7, 11) is 0. The van der Waals surface area contributed by atoms with E-state index in [2.05, 4.69) is 11.4 Å². The monoisotopic (exact) mass is 476 g/mol.